The molecule has 2 aromatic rings. The lowest BCUT2D eigenvalue weighted by atomic mass is 10.2. The highest BCUT2D eigenvalue weighted by Gasteiger charge is 2.41. The fraction of sp³-hybridized carbons (Fsp3) is 0.533. The average Bonchev–Trinajstić information content (AvgIpc) is 3.07. The molecule has 1 fully saturated rings. The summed E-state index contributed by atoms with van der Waals surface area (Å²) in [5, 5.41) is 0.635. The van der Waals surface area contributed by atoms with Crippen molar-refractivity contribution in [2.45, 2.75) is 40.2 Å². The zero-order valence-electron chi connectivity index (χ0n) is 12.5. The van der Waals surface area contributed by atoms with E-state index in [0.29, 0.717) is 22.0 Å². The van der Waals surface area contributed by atoms with E-state index in [1.807, 2.05) is 20.8 Å². The summed E-state index contributed by atoms with van der Waals surface area (Å²) >= 11 is 1.49. The van der Waals surface area contributed by atoms with Gasteiger partial charge in [-0.05, 0) is 38.7 Å². The second-order valence-corrected chi connectivity index (χ2v) is 7.02. The van der Waals surface area contributed by atoms with Crippen molar-refractivity contribution in [3.63, 3.8) is 0 Å². The highest BCUT2D eigenvalue weighted by Crippen LogP contribution is 2.39. The smallest absolute Gasteiger partial charge is 0.309 e. The molecule has 6 heteroatoms. The minimum absolute atomic E-state index is 0.00845. The lowest BCUT2D eigenvalue weighted by Crippen LogP contribution is -2.18. The molecular formula is C15H18N2O3S. The van der Waals surface area contributed by atoms with Gasteiger partial charge in [-0.25, -0.2) is 4.98 Å². The normalized spacial score (nSPS) is 22.3. The number of esters is 1. The Morgan fingerprint density at radius 2 is 2.14 bits per heavy atom. The third kappa shape index (κ3) is 2.48. The van der Waals surface area contributed by atoms with Crippen molar-refractivity contribution >= 4 is 27.5 Å². The monoisotopic (exact) mass is 306 g/mol. The molecular weight excluding hydrogens is 288 g/mol. The molecule has 3 rings (SSSR count). The Bertz CT molecular complexity index is 777. The number of aromatic nitrogens is 2. The predicted molar refractivity (Wildman–Crippen MR) is 81.5 cm³/mol. The van der Waals surface area contributed by atoms with E-state index in [0.717, 1.165) is 16.9 Å². The number of H-pyrrole nitrogens is 1. The first-order valence-electron chi connectivity index (χ1n) is 7.09. The Morgan fingerprint density at radius 3 is 2.76 bits per heavy atom. The number of fused-ring (bicyclic) bond motifs is 1. The number of nitrogens with zero attached hydrogens (tertiary/aromatic N) is 1. The minimum atomic E-state index is -0.537. The lowest BCUT2D eigenvalue weighted by Gasteiger charge is -2.12. The molecule has 1 aliphatic rings. The van der Waals surface area contributed by atoms with Gasteiger partial charge < -0.3 is 9.72 Å². The largest absolute Gasteiger partial charge is 0.454 e. The van der Waals surface area contributed by atoms with Gasteiger partial charge in [0.05, 0.1) is 11.3 Å². The predicted octanol–water partition coefficient (Wildman–Crippen LogP) is 2.86. The molecule has 2 heterocycles. The fourth-order valence-corrected chi connectivity index (χ4v) is 3.47. The molecule has 0 radical (unpaired) electrons. The van der Waals surface area contributed by atoms with Crippen LogP contribution in [0.1, 0.15) is 42.6 Å². The SMILES string of the molecule is Cc1sc2nc([C@H](C)OC(=O)[C@@H]3C[C@H]3C)[nH]c(=O)c2c1C. The first kappa shape index (κ1) is 14.3. The number of carbonyl (C=O) groups is 1. The maximum absolute atomic E-state index is 12.2. The van der Waals surface area contributed by atoms with Gasteiger partial charge in [0.1, 0.15) is 4.83 Å². The highest BCUT2D eigenvalue weighted by atomic mass is 32.1. The number of hydrogen-bond acceptors (Lipinski definition) is 5. The van der Waals surface area contributed by atoms with Crippen molar-refractivity contribution in [1.29, 1.82) is 0 Å². The molecule has 0 aliphatic heterocycles. The van der Waals surface area contributed by atoms with E-state index < -0.39 is 6.10 Å². The minimum Gasteiger partial charge on any atom is -0.454 e. The maximum atomic E-state index is 12.2. The maximum Gasteiger partial charge on any atom is 0.309 e. The molecule has 1 aliphatic carbocycles. The van der Waals surface area contributed by atoms with Crippen LogP contribution in [-0.2, 0) is 9.53 Å². The molecule has 0 bridgehead atoms. The summed E-state index contributed by atoms with van der Waals surface area (Å²) in [6.07, 6.45) is 0.350. The van der Waals surface area contributed by atoms with Crippen molar-refractivity contribution in [1.82, 2.24) is 9.97 Å². The molecule has 1 saturated carbocycles. The van der Waals surface area contributed by atoms with Crippen molar-refractivity contribution in [2.75, 3.05) is 0 Å². The van der Waals surface area contributed by atoms with Crippen molar-refractivity contribution < 1.29 is 9.53 Å². The number of aromatic amines is 1. The van der Waals surface area contributed by atoms with E-state index in [4.69, 9.17) is 4.74 Å². The van der Waals surface area contributed by atoms with Crippen LogP contribution in [0.2, 0.25) is 0 Å². The van der Waals surface area contributed by atoms with E-state index in [2.05, 4.69) is 9.97 Å². The first-order valence-corrected chi connectivity index (χ1v) is 7.90. The topological polar surface area (TPSA) is 72.0 Å². The number of rotatable bonds is 3. The molecule has 0 spiro atoms. The van der Waals surface area contributed by atoms with Gasteiger partial charge in [-0.1, -0.05) is 6.92 Å². The van der Waals surface area contributed by atoms with Gasteiger partial charge in [0.15, 0.2) is 11.9 Å². The Hall–Kier alpha value is -1.69. The van der Waals surface area contributed by atoms with Crippen LogP contribution >= 0.6 is 11.3 Å². The van der Waals surface area contributed by atoms with Crippen LogP contribution < -0.4 is 5.56 Å². The van der Waals surface area contributed by atoms with E-state index >= 15 is 0 Å². The number of ether oxygens (including phenoxy) is 1. The summed E-state index contributed by atoms with van der Waals surface area (Å²) < 4.78 is 5.40. The second kappa shape index (κ2) is 4.94. The van der Waals surface area contributed by atoms with Crippen molar-refractivity contribution in [3.8, 4) is 0 Å². The quantitative estimate of drug-likeness (QED) is 0.885. The van der Waals surface area contributed by atoms with E-state index in [9.17, 15) is 9.59 Å². The van der Waals surface area contributed by atoms with Crippen LogP contribution in [-0.4, -0.2) is 15.9 Å². The number of nitrogens with one attached hydrogen (secondary N) is 1. The van der Waals surface area contributed by atoms with Crippen LogP contribution in [0.5, 0.6) is 0 Å². The van der Waals surface area contributed by atoms with Gasteiger partial charge in [-0.2, -0.15) is 0 Å². The molecule has 0 aromatic carbocycles. The third-order valence-electron chi connectivity index (χ3n) is 4.15. The Labute approximate surface area is 126 Å². The summed E-state index contributed by atoms with van der Waals surface area (Å²) in [6, 6.07) is 0. The van der Waals surface area contributed by atoms with Gasteiger partial charge in [0.25, 0.3) is 5.56 Å². The molecule has 0 saturated heterocycles. The van der Waals surface area contributed by atoms with Crippen molar-refractivity contribution in [3.05, 3.63) is 26.6 Å². The van der Waals surface area contributed by atoms with Crippen molar-refractivity contribution in [2.24, 2.45) is 11.8 Å². The molecule has 0 amide bonds. The molecule has 21 heavy (non-hydrogen) atoms. The Morgan fingerprint density at radius 1 is 1.48 bits per heavy atom. The molecule has 1 N–H and O–H groups in total. The van der Waals surface area contributed by atoms with Gasteiger partial charge in [0, 0.05) is 4.88 Å². The highest BCUT2D eigenvalue weighted by molar-refractivity contribution is 7.18. The average molecular weight is 306 g/mol. The molecule has 0 unspecified atom stereocenters. The number of aryl methyl sites for hydroxylation is 2. The van der Waals surface area contributed by atoms with E-state index in [1.165, 1.54) is 11.3 Å². The summed E-state index contributed by atoms with van der Waals surface area (Å²) in [5.74, 6) is 0.627. The van der Waals surface area contributed by atoms with Gasteiger partial charge in [-0.3, -0.25) is 9.59 Å². The van der Waals surface area contributed by atoms with Crippen LogP contribution in [0, 0.1) is 25.7 Å². The molecule has 112 valence electrons. The summed E-state index contributed by atoms with van der Waals surface area (Å²) in [6.45, 7) is 7.66. The van der Waals surface area contributed by atoms with Gasteiger partial charge >= 0.3 is 5.97 Å². The van der Waals surface area contributed by atoms with Gasteiger partial charge in [0.2, 0.25) is 0 Å². The van der Waals surface area contributed by atoms with Crippen LogP contribution in [0.3, 0.4) is 0 Å². The summed E-state index contributed by atoms with van der Waals surface area (Å²) in [7, 11) is 0. The lowest BCUT2D eigenvalue weighted by molar-refractivity contribution is -0.150. The third-order valence-corrected chi connectivity index (χ3v) is 5.25. The number of thiophene rings is 1. The van der Waals surface area contributed by atoms with Gasteiger partial charge in [-0.15, -0.1) is 11.3 Å². The van der Waals surface area contributed by atoms with E-state index in [-0.39, 0.29) is 17.4 Å². The van der Waals surface area contributed by atoms with Crippen LogP contribution in [0.15, 0.2) is 4.79 Å². The second-order valence-electron chi connectivity index (χ2n) is 5.81. The zero-order chi connectivity index (χ0) is 15.3. The summed E-state index contributed by atoms with van der Waals surface area (Å²) in [5.41, 5.74) is 0.797. The fourth-order valence-electron chi connectivity index (χ4n) is 2.43. The standard InChI is InChI=1S/C15H18N2O3S/c1-6-5-10(6)15(19)20-8(3)12-16-13(18)11-7(2)9(4)21-14(11)17-12/h6,8,10H,5H2,1-4H3,(H,16,17,18)/t6-,8+,10-/m1/s1. The molecule has 3 atom stereocenters. The van der Waals surface area contributed by atoms with Crippen LogP contribution in [0.4, 0.5) is 0 Å². The first-order chi connectivity index (χ1) is 9.88. The molecule has 2 aromatic heterocycles. The summed E-state index contributed by atoms with van der Waals surface area (Å²) in [4.78, 5) is 33.0. The van der Waals surface area contributed by atoms with E-state index in [1.54, 1.807) is 6.92 Å². The zero-order valence-corrected chi connectivity index (χ0v) is 13.3. The Balaban J connectivity index is 1.90. The number of hydrogen-bond donors (Lipinski definition) is 1. The van der Waals surface area contributed by atoms with Crippen LogP contribution in [0.25, 0.3) is 10.2 Å². The molecule has 5 nitrogen and oxygen atoms in total. The Kier molecular flexibility index (Phi) is 3.36. The number of carbonyl (C=O) groups excluding carboxylic acids is 1.